The number of aliphatic imine (C=N–C) groups is 1. The first-order chi connectivity index (χ1) is 15.2. The summed E-state index contributed by atoms with van der Waals surface area (Å²) in [7, 11) is 0. The van der Waals surface area contributed by atoms with Crippen molar-refractivity contribution in [2.75, 3.05) is 19.9 Å². The van der Waals surface area contributed by atoms with Gasteiger partial charge in [-0.05, 0) is 55.8 Å². The molecule has 0 radical (unpaired) electrons. The second-order valence-electron chi connectivity index (χ2n) is 8.20. The number of hydrogen-bond donors (Lipinski definition) is 0. The Labute approximate surface area is 185 Å². The summed E-state index contributed by atoms with van der Waals surface area (Å²) in [5, 5.41) is 3.04. The van der Waals surface area contributed by atoms with Crippen LogP contribution in [0.15, 0.2) is 52.5 Å². The Balaban J connectivity index is 1.39. The number of ether oxygens (including phenoxy) is 3. The zero-order valence-electron chi connectivity index (χ0n) is 17.3. The van der Waals surface area contributed by atoms with Gasteiger partial charge < -0.3 is 19.1 Å². The summed E-state index contributed by atoms with van der Waals surface area (Å²) in [4.78, 5) is 12.3. The smallest absolute Gasteiger partial charge is 0.231 e. The standard InChI is InChI=1S/C24H23N3O3S/c1-15-4-6-18(7-5-15)25-24-27(13-19-3-2-8-28-19)12-17-9-16-10-21-22(30-14-29-21)11-20(16)26-23(17)31-24/h4-7,9-11,19H,2-3,8,12-14H2,1H3/t19-/m1/s1. The Morgan fingerprint density at radius 2 is 1.97 bits per heavy atom. The zero-order valence-corrected chi connectivity index (χ0v) is 18.2. The first-order valence-electron chi connectivity index (χ1n) is 10.6. The largest absolute Gasteiger partial charge is 0.454 e. The van der Waals surface area contributed by atoms with Crippen LogP contribution in [-0.2, 0) is 11.3 Å². The van der Waals surface area contributed by atoms with Crippen LogP contribution in [0.2, 0.25) is 0 Å². The number of rotatable bonds is 3. The van der Waals surface area contributed by atoms with Crippen molar-refractivity contribution in [3.63, 3.8) is 0 Å². The quantitative estimate of drug-likeness (QED) is 0.576. The van der Waals surface area contributed by atoms with Gasteiger partial charge >= 0.3 is 0 Å². The molecule has 0 bridgehead atoms. The minimum atomic E-state index is 0.257. The fourth-order valence-corrected chi connectivity index (χ4v) is 5.21. The molecule has 4 heterocycles. The number of benzene rings is 2. The lowest BCUT2D eigenvalue weighted by molar-refractivity contribution is 0.0903. The van der Waals surface area contributed by atoms with Gasteiger partial charge in [-0.2, -0.15) is 0 Å². The molecule has 7 heteroatoms. The molecule has 1 fully saturated rings. The van der Waals surface area contributed by atoms with Gasteiger partial charge in [-0.15, -0.1) is 0 Å². The van der Waals surface area contributed by atoms with Crippen molar-refractivity contribution in [1.29, 1.82) is 0 Å². The van der Waals surface area contributed by atoms with Crippen LogP contribution in [0.4, 0.5) is 5.69 Å². The Hall–Kier alpha value is -2.77. The Morgan fingerprint density at radius 3 is 2.77 bits per heavy atom. The molecule has 3 aliphatic rings. The van der Waals surface area contributed by atoms with Crippen LogP contribution in [0.3, 0.4) is 0 Å². The molecule has 0 unspecified atom stereocenters. The van der Waals surface area contributed by atoms with Gasteiger partial charge in [-0.1, -0.05) is 17.7 Å². The lowest BCUT2D eigenvalue weighted by atomic mass is 10.1. The van der Waals surface area contributed by atoms with Crippen molar-refractivity contribution in [2.45, 2.75) is 37.4 Å². The fourth-order valence-electron chi connectivity index (χ4n) is 4.22. The fraction of sp³-hybridized carbons (Fsp3) is 0.333. The van der Waals surface area contributed by atoms with E-state index in [1.807, 2.05) is 12.1 Å². The Morgan fingerprint density at radius 1 is 1.13 bits per heavy atom. The molecule has 2 aromatic carbocycles. The van der Waals surface area contributed by atoms with Crippen molar-refractivity contribution in [1.82, 2.24) is 9.88 Å². The highest BCUT2D eigenvalue weighted by atomic mass is 32.2. The third kappa shape index (κ3) is 3.72. The topological polar surface area (TPSA) is 56.2 Å². The van der Waals surface area contributed by atoms with Crippen LogP contribution in [0.25, 0.3) is 10.9 Å². The van der Waals surface area contributed by atoms with Crippen molar-refractivity contribution in [3.8, 4) is 11.5 Å². The van der Waals surface area contributed by atoms with E-state index < -0.39 is 0 Å². The molecule has 0 saturated carbocycles. The van der Waals surface area contributed by atoms with Crippen LogP contribution in [0.1, 0.15) is 24.0 Å². The highest BCUT2D eigenvalue weighted by molar-refractivity contribution is 8.13. The van der Waals surface area contributed by atoms with Crippen LogP contribution < -0.4 is 9.47 Å². The van der Waals surface area contributed by atoms with E-state index in [4.69, 9.17) is 24.2 Å². The molecule has 3 aliphatic heterocycles. The highest BCUT2D eigenvalue weighted by Gasteiger charge is 2.28. The summed E-state index contributed by atoms with van der Waals surface area (Å²) in [5.41, 5.74) is 4.31. The maximum atomic E-state index is 5.93. The maximum absolute atomic E-state index is 5.93. The van der Waals surface area contributed by atoms with Crippen LogP contribution in [0, 0.1) is 6.92 Å². The lowest BCUT2D eigenvalue weighted by Crippen LogP contribution is -2.37. The van der Waals surface area contributed by atoms with Crippen LogP contribution in [0.5, 0.6) is 11.5 Å². The van der Waals surface area contributed by atoms with Gasteiger partial charge in [0.1, 0.15) is 5.03 Å². The van der Waals surface area contributed by atoms with E-state index in [0.29, 0.717) is 0 Å². The molecule has 0 amide bonds. The number of nitrogens with zero attached hydrogens (tertiary/aromatic N) is 3. The third-order valence-electron chi connectivity index (χ3n) is 5.87. The second-order valence-corrected chi connectivity index (χ2v) is 9.15. The molecular formula is C24H23N3O3S. The van der Waals surface area contributed by atoms with E-state index >= 15 is 0 Å². The summed E-state index contributed by atoms with van der Waals surface area (Å²) >= 11 is 1.63. The summed E-state index contributed by atoms with van der Waals surface area (Å²) in [5.74, 6) is 1.55. The number of pyridine rings is 1. The van der Waals surface area contributed by atoms with E-state index in [-0.39, 0.29) is 12.9 Å². The van der Waals surface area contributed by atoms with Gasteiger partial charge in [-0.3, -0.25) is 0 Å². The molecule has 6 nitrogen and oxygen atoms in total. The van der Waals surface area contributed by atoms with E-state index in [1.54, 1.807) is 11.8 Å². The minimum Gasteiger partial charge on any atom is -0.454 e. The molecule has 31 heavy (non-hydrogen) atoms. The Kier molecular flexibility index (Phi) is 4.73. The lowest BCUT2D eigenvalue weighted by Gasteiger charge is -2.32. The van der Waals surface area contributed by atoms with E-state index in [9.17, 15) is 0 Å². The van der Waals surface area contributed by atoms with E-state index in [2.05, 4.69) is 42.2 Å². The summed E-state index contributed by atoms with van der Waals surface area (Å²) in [6.07, 6.45) is 2.49. The molecule has 1 atom stereocenters. The first kappa shape index (κ1) is 19.0. The van der Waals surface area contributed by atoms with Crippen molar-refractivity contribution in [2.24, 2.45) is 4.99 Å². The molecule has 1 saturated heterocycles. The maximum Gasteiger partial charge on any atom is 0.231 e. The number of aryl methyl sites for hydroxylation is 1. The normalized spacial score (nSPS) is 21.1. The second kappa shape index (κ2) is 7.73. The molecule has 158 valence electrons. The molecule has 0 spiro atoms. The Bertz CT molecular complexity index is 1170. The molecule has 0 N–H and O–H groups in total. The average Bonchev–Trinajstić information content (AvgIpc) is 3.44. The highest BCUT2D eigenvalue weighted by Crippen LogP contribution is 2.39. The number of fused-ring (bicyclic) bond motifs is 3. The van der Waals surface area contributed by atoms with Gasteiger partial charge in [0.05, 0.1) is 17.3 Å². The predicted molar refractivity (Wildman–Crippen MR) is 121 cm³/mol. The van der Waals surface area contributed by atoms with Crippen molar-refractivity contribution in [3.05, 3.63) is 53.6 Å². The molecular weight excluding hydrogens is 410 g/mol. The summed E-state index contributed by atoms with van der Waals surface area (Å²) in [6, 6.07) is 14.5. The number of thioether (sulfide) groups is 1. The van der Waals surface area contributed by atoms with Gasteiger partial charge in [0, 0.05) is 36.7 Å². The predicted octanol–water partition coefficient (Wildman–Crippen LogP) is 5.05. The third-order valence-corrected chi connectivity index (χ3v) is 6.95. The van der Waals surface area contributed by atoms with Gasteiger partial charge in [0.25, 0.3) is 0 Å². The number of aromatic nitrogens is 1. The minimum absolute atomic E-state index is 0.257. The van der Waals surface area contributed by atoms with Crippen LogP contribution >= 0.6 is 11.8 Å². The number of amidine groups is 1. The van der Waals surface area contributed by atoms with Crippen molar-refractivity contribution < 1.29 is 14.2 Å². The van der Waals surface area contributed by atoms with E-state index in [0.717, 1.165) is 70.8 Å². The van der Waals surface area contributed by atoms with E-state index in [1.165, 1.54) is 11.1 Å². The number of hydrogen-bond acceptors (Lipinski definition) is 6. The van der Waals surface area contributed by atoms with Crippen LogP contribution in [-0.4, -0.2) is 41.1 Å². The molecule has 3 aromatic rings. The van der Waals surface area contributed by atoms with Crippen molar-refractivity contribution >= 4 is 33.5 Å². The molecule has 1 aromatic heterocycles. The summed E-state index contributed by atoms with van der Waals surface area (Å²) in [6.45, 7) is 4.82. The first-order valence-corrected chi connectivity index (χ1v) is 11.5. The zero-order chi connectivity index (χ0) is 20.8. The average molecular weight is 434 g/mol. The van der Waals surface area contributed by atoms with Gasteiger partial charge in [-0.25, -0.2) is 9.98 Å². The monoisotopic (exact) mass is 433 g/mol. The van der Waals surface area contributed by atoms with Gasteiger partial charge in [0.15, 0.2) is 16.7 Å². The molecule has 0 aliphatic carbocycles. The SMILES string of the molecule is Cc1ccc(N=C2Sc3nc4cc5c(cc4cc3CN2C[C@H]2CCCO2)OCO5)cc1. The van der Waals surface area contributed by atoms with Gasteiger partial charge in [0.2, 0.25) is 6.79 Å². The molecule has 6 rings (SSSR count). The summed E-state index contributed by atoms with van der Waals surface area (Å²) < 4.78 is 17.0.